The van der Waals surface area contributed by atoms with E-state index in [9.17, 15) is 9.59 Å². The van der Waals surface area contributed by atoms with Gasteiger partial charge in [-0.1, -0.05) is 0 Å². The average Bonchev–Trinajstić information content (AvgIpc) is 2.83. The predicted molar refractivity (Wildman–Crippen MR) is 83.5 cm³/mol. The first-order chi connectivity index (χ1) is 9.95. The molecule has 21 heavy (non-hydrogen) atoms. The number of carbonyl (C=O) groups is 2. The smallest absolute Gasteiger partial charge is 0.183 e. The molecule has 1 N–H and O–H groups in total. The van der Waals surface area contributed by atoms with Crippen LogP contribution in [-0.4, -0.2) is 68.3 Å². The summed E-state index contributed by atoms with van der Waals surface area (Å²) in [7, 11) is 3.98. The summed E-state index contributed by atoms with van der Waals surface area (Å²) in [4.78, 5) is 27.0. The fourth-order valence-corrected chi connectivity index (χ4v) is 3.19. The van der Waals surface area contributed by atoms with Crippen LogP contribution in [0.1, 0.15) is 6.92 Å². The molecule has 0 aromatic rings. The third kappa shape index (κ3) is 3.53. The normalized spacial score (nSPS) is 27.8. The maximum absolute atomic E-state index is 12.5. The Bertz CT molecular complexity index is 490. The van der Waals surface area contributed by atoms with Crippen LogP contribution < -0.4 is 5.43 Å². The monoisotopic (exact) mass is 311 g/mol. The van der Waals surface area contributed by atoms with Crippen molar-refractivity contribution in [2.45, 2.75) is 13.0 Å². The molecule has 0 spiro atoms. The van der Waals surface area contributed by atoms with E-state index in [0.29, 0.717) is 23.9 Å². The number of rotatable bonds is 7. The number of nitrogens with zero attached hydrogens (tertiary/aromatic N) is 2. The van der Waals surface area contributed by atoms with Crippen molar-refractivity contribution in [3.8, 4) is 0 Å². The maximum atomic E-state index is 12.5. The molecule has 0 aromatic heterocycles. The van der Waals surface area contributed by atoms with E-state index in [-0.39, 0.29) is 11.6 Å². The third-order valence-corrected chi connectivity index (χ3v) is 4.56. The Labute approximate surface area is 129 Å². The highest BCUT2D eigenvalue weighted by Gasteiger charge is 2.50. The molecule has 7 heteroatoms. The summed E-state index contributed by atoms with van der Waals surface area (Å²) < 4.78 is 5.48. The summed E-state index contributed by atoms with van der Waals surface area (Å²) in [5, 5.41) is 3.88. The SMILES string of the molecule is CN(C)CCOCCSC1=CC(=O)C2NN=CC2(C)C1=O. The van der Waals surface area contributed by atoms with Crippen molar-refractivity contribution in [1.29, 1.82) is 0 Å². The molecule has 1 aliphatic heterocycles. The first-order valence-corrected chi connectivity index (χ1v) is 7.89. The van der Waals surface area contributed by atoms with Crippen LogP contribution in [0.25, 0.3) is 0 Å². The van der Waals surface area contributed by atoms with E-state index in [1.165, 1.54) is 17.8 Å². The van der Waals surface area contributed by atoms with Gasteiger partial charge in [-0.25, -0.2) is 0 Å². The van der Waals surface area contributed by atoms with Crippen molar-refractivity contribution in [2.75, 3.05) is 39.6 Å². The number of carbonyl (C=O) groups excluding carboxylic acids is 2. The topological polar surface area (TPSA) is 71.0 Å². The summed E-state index contributed by atoms with van der Waals surface area (Å²) >= 11 is 1.38. The molecule has 2 unspecified atom stereocenters. The van der Waals surface area contributed by atoms with Crippen LogP contribution in [-0.2, 0) is 14.3 Å². The number of likely N-dealkylation sites (N-methyl/N-ethyl adjacent to an activating group) is 1. The molecule has 0 aromatic carbocycles. The molecule has 1 heterocycles. The van der Waals surface area contributed by atoms with Gasteiger partial charge in [0.05, 0.1) is 23.5 Å². The fraction of sp³-hybridized carbons (Fsp3) is 0.643. The van der Waals surface area contributed by atoms with E-state index < -0.39 is 11.5 Å². The third-order valence-electron chi connectivity index (χ3n) is 3.58. The Morgan fingerprint density at radius 2 is 2.19 bits per heavy atom. The lowest BCUT2D eigenvalue weighted by Gasteiger charge is -2.30. The molecule has 2 rings (SSSR count). The van der Waals surface area contributed by atoms with Gasteiger partial charge in [-0.15, -0.1) is 11.8 Å². The van der Waals surface area contributed by atoms with E-state index in [0.717, 1.165) is 6.54 Å². The molecule has 0 amide bonds. The number of Topliss-reactive ketones (excluding diaryl/α,β-unsaturated/α-hetero) is 1. The van der Waals surface area contributed by atoms with Crippen LogP contribution in [0.15, 0.2) is 16.1 Å². The molecule has 116 valence electrons. The van der Waals surface area contributed by atoms with Gasteiger partial charge in [0.25, 0.3) is 0 Å². The van der Waals surface area contributed by atoms with Gasteiger partial charge in [0.1, 0.15) is 6.04 Å². The number of thioether (sulfide) groups is 1. The molecule has 0 fully saturated rings. The number of hydrogen-bond acceptors (Lipinski definition) is 7. The summed E-state index contributed by atoms with van der Waals surface area (Å²) in [6, 6.07) is -0.550. The molecule has 0 saturated carbocycles. The highest BCUT2D eigenvalue weighted by atomic mass is 32.2. The van der Waals surface area contributed by atoms with Crippen molar-refractivity contribution < 1.29 is 14.3 Å². The lowest BCUT2D eigenvalue weighted by molar-refractivity contribution is -0.128. The number of ether oxygens (including phenoxy) is 1. The van der Waals surface area contributed by atoms with E-state index in [4.69, 9.17) is 4.74 Å². The predicted octanol–water partition coefficient (Wildman–Crippen LogP) is 0.297. The van der Waals surface area contributed by atoms with Crippen LogP contribution in [0, 0.1) is 5.41 Å². The minimum absolute atomic E-state index is 0.0425. The fourth-order valence-electron chi connectivity index (χ4n) is 2.21. The highest BCUT2D eigenvalue weighted by Crippen LogP contribution is 2.36. The first-order valence-electron chi connectivity index (χ1n) is 6.90. The summed E-state index contributed by atoms with van der Waals surface area (Å²) in [6.45, 7) is 3.84. The van der Waals surface area contributed by atoms with Gasteiger partial charge < -0.3 is 9.64 Å². The zero-order valence-electron chi connectivity index (χ0n) is 12.6. The summed E-state index contributed by atoms with van der Waals surface area (Å²) in [5.74, 6) is 0.522. The Balaban J connectivity index is 1.83. The van der Waals surface area contributed by atoms with Crippen LogP contribution in [0.4, 0.5) is 0 Å². The molecular formula is C14H21N3O3S. The minimum atomic E-state index is -0.847. The lowest BCUT2D eigenvalue weighted by Crippen LogP contribution is -2.50. The van der Waals surface area contributed by atoms with E-state index in [2.05, 4.69) is 10.5 Å². The Morgan fingerprint density at radius 1 is 1.43 bits per heavy atom. The Kier molecular flexibility index (Phi) is 5.18. The number of hydrazone groups is 1. The molecule has 2 aliphatic rings. The van der Waals surface area contributed by atoms with E-state index in [1.54, 1.807) is 13.1 Å². The number of nitrogens with one attached hydrogen (secondary N) is 1. The summed E-state index contributed by atoms with van der Waals surface area (Å²) in [6.07, 6.45) is 2.97. The quantitative estimate of drug-likeness (QED) is 0.682. The molecular weight excluding hydrogens is 290 g/mol. The van der Waals surface area contributed by atoms with E-state index in [1.807, 2.05) is 19.0 Å². The van der Waals surface area contributed by atoms with Crippen LogP contribution in [0.5, 0.6) is 0 Å². The standard InChI is InChI=1S/C14H21N3O3S/c1-14-9-15-16-12(14)10(18)8-11(13(14)19)21-7-6-20-5-4-17(2)3/h8-9,12,16H,4-7H2,1-3H3. The molecule has 1 aliphatic carbocycles. The van der Waals surface area contributed by atoms with Gasteiger partial charge >= 0.3 is 0 Å². The van der Waals surface area contributed by atoms with Crippen molar-refractivity contribution in [3.63, 3.8) is 0 Å². The Morgan fingerprint density at radius 3 is 2.90 bits per heavy atom. The van der Waals surface area contributed by atoms with Gasteiger partial charge in [-0.3, -0.25) is 15.0 Å². The van der Waals surface area contributed by atoms with Crippen molar-refractivity contribution in [2.24, 2.45) is 10.5 Å². The second-order valence-electron chi connectivity index (χ2n) is 5.61. The Hall–Kier alpha value is -1.18. The zero-order valence-corrected chi connectivity index (χ0v) is 13.4. The number of fused-ring (bicyclic) bond motifs is 1. The van der Waals surface area contributed by atoms with Crippen LogP contribution in [0.3, 0.4) is 0 Å². The second kappa shape index (κ2) is 6.72. The number of allylic oxidation sites excluding steroid dienone is 1. The van der Waals surface area contributed by atoms with Crippen molar-refractivity contribution in [1.82, 2.24) is 10.3 Å². The van der Waals surface area contributed by atoms with Gasteiger partial charge in [0.15, 0.2) is 11.6 Å². The van der Waals surface area contributed by atoms with Crippen molar-refractivity contribution >= 4 is 29.5 Å². The molecule has 0 bridgehead atoms. The van der Waals surface area contributed by atoms with E-state index >= 15 is 0 Å². The first kappa shape index (κ1) is 16.2. The van der Waals surface area contributed by atoms with Crippen molar-refractivity contribution in [3.05, 3.63) is 11.0 Å². The maximum Gasteiger partial charge on any atom is 0.183 e. The van der Waals surface area contributed by atoms with Gasteiger partial charge in [-0.2, -0.15) is 5.10 Å². The molecule has 0 saturated heterocycles. The zero-order chi connectivity index (χ0) is 15.5. The molecule has 6 nitrogen and oxygen atoms in total. The van der Waals surface area contributed by atoms with Crippen LogP contribution in [0.2, 0.25) is 0 Å². The van der Waals surface area contributed by atoms with Gasteiger partial charge in [0, 0.05) is 24.6 Å². The number of ketones is 2. The minimum Gasteiger partial charge on any atom is -0.379 e. The highest BCUT2D eigenvalue weighted by molar-refractivity contribution is 8.04. The average molecular weight is 311 g/mol. The summed E-state index contributed by atoms with van der Waals surface area (Å²) in [5.41, 5.74) is 1.86. The second-order valence-corrected chi connectivity index (χ2v) is 6.74. The van der Waals surface area contributed by atoms with Gasteiger partial charge in [-0.05, 0) is 21.0 Å². The van der Waals surface area contributed by atoms with Crippen LogP contribution >= 0.6 is 11.8 Å². The van der Waals surface area contributed by atoms with Gasteiger partial charge in [0.2, 0.25) is 0 Å². The lowest BCUT2D eigenvalue weighted by atomic mass is 9.75. The largest absolute Gasteiger partial charge is 0.379 e. The molecule has 0 radical (unpaired) electrons. The number of hydrogen-bond donors (Lipinski definition) is 1. The molecule has 2 atom stereocenters.